The highest BCUT2D eigenvalue weighted by Crippen LogP contribution is 2.34. The van der Waals surface area contributed by atoms with Crippen molar-refractivity contribution in [1.82, 2.24) is 16.2 Å². The minimum Gasteiger partial charge on any atom is -0.484 e. The van der Waals surface area contributed by atoms with Gasteiger partial charge in [0.05, 0.1) is 5.02 Å². The number of halogens is 1. The molecule has 2 amide bonds. The van der Waals surface area contributed by atoms with Crippen LogP contribution < -0.4 is 20.9 Å². The smallest absolute Gasteiger partial charge is 0.281 e. The molecule has 0 radical (unpaired) electrons. The fourth-order valence-electron chi connectivity index (χ4n) is 2.31. The van der Waals surface area contributed by atoms with Gasteiger partial charge < -0.3 is 4.74 Å². The molecule has 0 unspecified atom stereocenters. The summed E-state index contributed by atoms with van der Waals surface area (Å²) < 4.78 is 6.27. The van der Waals surface area contributed by atoms with E-state index in [2.05, 4.69) is 16.2 Å². The number of carbonyl (C=O) groups excluding carboxylic acids is 2. The van der Waals surface area contributed by atoms with E-state index in [1.807, 2.05) is 43.3 Å². The standard InChI is InChI=1S/C19H16ClN3O3S2/c1-11-6-8-12(9-7-11)26-10-15(24)21-19(27)23-22-18(25)17-16(20)13-4-2-3-5-14(13)28-17/h2-9H,10H2,1H3,(H,22,25)(H2,21,23,24,27). The molecule has 144 valence electrons. The van der Waals surface area contributed by atoms with Crippen molar-refractivity contribution in [3.63, 3.8) is 0 Å². The Morgan fingerprint density at radius 3 is 2.54 bits per heavy atom. The Morgan fingerprint density at radius 1 is 1.11 bits per heavy atom. The Bertz CT molecular complexity index is 1030. The van der Waals surface area contributed by atoms with E-state index in [-0.39, 0.29) is 11.7 Å². The maximum atomic E-state index is 12.3. The second-order valence-electron chi connectivity index (χ2n) is 5.80. The molecular formula is C19H16ClN3O3S2. The molecule has 0 spiro atoms. The van der Waals surface area contributed by atoms with Crippen LogP contribution in [0.1, 0.15) is 15.2 Å². The molecule has 2 aromatic carbocycles. The Hall–Kier alpha value is -2.68. The summed E-state index contributed by atoms with van der Waals surface area (Å²) in [6.45, 7) is 1.75. The van der Waals surface area contributed by atoms with Crippen molar-refractivity contribution in [3.8, 4) is 5.75 Å². The average molecular weight is 434 g/mol. The summed E-state index contributed by atoms with van der Waals surface area (Å²) in [5, 5.41) is 3.55. The summed E-state index contributed by atoms with van der Waals surface area (Å²) in [6.07, 6.45) is 0. The fraction of sp³-hybridized carbons (Fsp3) is 0.105. The Labute approximate surface area is 175 Å². The molecule has 9 heteroatoms. The number of benzene rings is 2. The molecule has 3 aromatic rings. The van der Waals surface area contributed by atoms with E-state index in [0.29, 0.717) is 15.6 Å². The first-order valence-corrected chi connectivity index (χ1v) is 9.81. The van der Waals surface area contributed by atoms with E-state index in [1.54, 1.807) is 12.1 Å². The van der Waals surface area contributed by atoms with Gasteiger partial charge >= 0.3 is 0 Å². The van der Waals surface area contributed by atoms with Crippen LogP contribution in [0.25, 0.3) is 10.1 Å². The van der Waals surface area contributed by atoms with Gasteiger partial charge in [-0.05, 0) is 37.3 Å². The van der Waals surface area contributed by atoms with Gasteiger partial charge in [0.1, 0.15) is 10.6 Å². The number of rotatable bonds is 4. The van der Waals surface area contributed by atoms with Crippen LogP contribution in [0, 0.1) is 6.92 Å². The van der Waals surface area contributed by atoms with Gasteiger partial charge in [0, 0.05) is 10.1 Å². The van der Waals surface area contributed by atoms with Crippen LogP contribution in [-0.4, -0.2) is 23.5 Å². The monoisotopic (exact) mass is 433 g/mol. The number of hydrogen-bond donors (Lipinski definition) is 3. The molecule has 0 atom stereocenters. The zero-order valence-electron chi connectivity index (χ0n) is 14.7. The molecule has 0 aliphatic rings. The van der Waals surface area contributed by atoms with Crippen LogP contribution in [0.5, 0.6) is 5.75 Å². The van der Waals surface area contributed by atoms with E-state index >= 15 is 0 Å². The highest BCUT2D eigenvalue weighted by atomic mass is 35.5. The summed E-state index contributed by atoms with van der Waals surface area (Å²) in [6, 6.07) is 14.8. The van der Waals surface area contributed by atoms with Crippen molar-refractivity contribution in [1.29, 1.82) is 0 Å². The predicted octanol–water partition coefficient (Wildman–Crippen LogP) is 3.58. The molecule has 0 saturated heterocycles. The number of carbonyl (C=O) groups is 2. The average Bonchev–Trinajstić information content (AvgIpc) is 3.03. The Morgan fingerprint density at radius 2 is 1.82 bits per heavy atom. The number of thiocarbonyl (C=S) groups is 1. The second-order valence-corrected chi connectivity index (χ2v) is 7.64. The van der Waals surface area contributed by atoms with Gasteiger partial charge in [0.15, 0.2) is 11.7 Å². The minimum absolute atomic E-state index is 0.0527. The number of amides is 2. The maximum absolute atomic E-state index is 12.3. The van der Waals surface area contributed by atoms with E-state index in [4.69, 9.17) is 28.6 Å². The maximum Gasteiger partial charge on any atom is 0.281 e. The molecule has 0 aliphatic heterocycles. The predicted molar refractivity (Wildman–Crippen MR) is 115 cm³/mol. The van der Waals surface area contributed by atoms with Gasteiger partial charge in [-0.15, -0.1) is 11.3 Å². The summed E-state index contributed by atoms with van der Waals surface area (Å²) in [5.74, 6) is -0.321. The zero-order chi connectivity index (χ0) is 20.1. The van der Waals surface area contributed by atoms with Crippen LogP contribution in [0.4, 0.5) is 0 Å². The lowest BCUT2D eigenvalue weighted by Crippen LogP contribution is -2.49. The third kappa shape index (κ3) is 4.98. The lowest BCUT2D eigenvalue weighted by atomic mass is 10.2. The normalized spacial score (nSPS) is 10.4. The van der Waals surface area contributed by atoms with Crippen LogP contribution in [0.3, 0.4) is 0 Å². The van der Waals surface area contributed by atoms with Gasteiger partial charge in [0.25, 0.3) is 11.8 Å². The van der Waals surface area contributed by atoms with E-state index < -0.39 is 11.8 Å². The molecule has 0 aliphatic carbocycles. The summed E-state index contributed by atoms with van der Waals surface area (Å²) in [4.78, 5) is 24.6. The van der Waals surface area contributed by atoms with Crippen molar-refractivity contribution in [3.05, 3.63) is 64.0 Å². The topological polar surface area (TPSA) is 79.5 Å². The largest absolute Gasteiger partial charge is 0.484 e. The summed E-state index contributed by atoms with van der Waals surface area (Å²) in [7, 11) is 0. The molecule has 1 aromatic heterocycles. The molecule has 0 fully saturated rings. The molecule has 0 saturated carbocycles. The van der Waals surface area contributed by atoms with Gasteiger partial charge in [0.2, 0.25) is 0 Å². The third-order valence-electron chi connectivity index (χ3n) is 3.67. The molecule has 3 rings (SSSR count). The molecule has 1 heterocycles. The van der Waals surface area contributed by atoms with Gasteiger partial charge in [-0.25, -0.2) is 0 Å². The van der Waals surface area contributed by atoms with Crippen molar-refractivity contribution < 1.29 is 14.3 Å². The SMILES string of the molecule is Cc1ccc(OCC(=O)NC(=S)NNC(=O)c2sc3ccccc3c2Cl)cc1. The number of hydrogen-bond acceptors (Lipinski definition) is 5. The highest BCUT2D eigenvalue weighted by molar-refractivity contribution is 7.80. The van der Waals surface area contributed by atoms with Gasteiger partial charge in [-0.3, -0.25) is 25.8 Å². The van der Waals surface area contributed by atoms with E-state index in [1.165, 1.54) is 11.3 Å². The van der Waals surface area contributed by atoms with Gasteiger partial charge in [-0.2, -0.15) is 0 Å². The number of fused-ring (bicyclic) bond motifs is 1. The first-order valence-electron chi connectivity index (χ1n) is 8.20. The number of ether oxygens (including phenoxy) is 1. The van der Waals surface area contributed by atoms with Crippen LogP contribution in [-0.2, 0) is 4.79 Å². The third-order valence-corrected chi connectivity index (χ3v) is 5.55. The second kappa shape index (κ2) is 9.01. The first kappa shape index (κ1) is 20.1. The minimum atomic E-state index is -0.452. The molecule has 28 heavy (non-hydrogen) atoms. The lowest BCUT2D eigenvalue weighted by molar-refractivity contribution is -0.121. The van der Waals surface area contributed by atoms with Crippen LogP contribution >= 0.6 is 35.2 Å². The van der Waals surface area contributed by atoms with Crippen molar-refractivity contribution >= 4 is 62.2 Å². The quantitative estimate of drug-likeness (QED) is 0.433. The number of hydrazine groups is 1. The van der Waals surface area contributed by atoms with Crippen molar-refractivity contribution in [2.45, 2.75) is 6.92 Å². The Balaban J connectivity index is 1.47. The summed E-state index contributed by atoms with van der Waals surface area (Å²) in [5.41, 5.74) is 6.00. The molecule has 6 nitrogen and oxygen atoms in total. The Kier molecular flexibility index (Phi) is 6.45. The molecule has 0 bridgehead atoms. The highest BCUT2D eigenvalue weighted by Gasteiger charge is 2.17. The van der Waals surface area contributed by atoms with Crippen molar-refractivity contribution in [2.75, 3.05) is 6.61 Å². The number of nitrogens with one attached hydrogen (secondary N) is 3. The van der Waals surface area contributed by atoms with E-state index in [9.17, 15) is 9.59 Å². The van der Waals surface area contributed by atoms with Gasteiger partial charge in [-0.1, -0.05) is 47.5 Å². The zero-order valence-corrected chi connectivity index (χ0v) is 17.1. The molecule has 3 N–H and O–H groups in total. The van der Waals surface area contributed by atoms with Crippen LogP contribution in [0.15, 0.2) is 48.5 Å². The number of thiophene rings is 1. The lowest BCUT2D eigenvalue weighted by Gasteiger charge is -2.11. The summed E-state index contributed by atoms with van der Waals surface area (Å²) >= 11 is 12.5. The first-order chi connectivity index (χ1) is 13.4. The number of aryl methyl sites for hydroxylation is 1. The molecular weight excluding hydrogens is 418 g/mol. The van der Waals surface area contributed by atoms with Crippen molar-refractivity contribution in [2.24, 2.45) is 0 Å². The van der Waals surface area contributed by atoms with E-state index in [0.717, 1.165) is 15.6 Å². The van der Waals surface area contributed by atoms with Crippen LogP contribution in [0.2, 0.25) is 5.02 Å². The fourth-order valence-corrected chi connectivity index (χ4v) is 3.88.